The number of nitrogens with zero attached hydrogens (tertiary/aromatic N) is 2. The minimum absolute atomic E-state index is 0.0480. The topological polar surface area (TPSA) is 97.1 Å². The van der Waals surface area contributed by atoms with E-state index in [0.717, 1.165) is 34.9 Å². The fourth-order valence-electron chi connectivity index (χ4n) is 5.20. The van der Waals surface area contributed by atoms with Gasteiger partial charge in [-0.2, -0.15) is 4.31 Å². The molecule has 1 atom stereocenters. The standard InChI is InChI=1S/C26H28N2O6S/c1-33-15-6-13-27-22-12-11-18(19-7-4-8-20(25(19)22)26(27)30)17-23(29)21-9-2-3-14-28(21)35(31,32)24-10-5-16-34-24/h4-5,7-8,10-12,16,21H,2-3,6,9,13-15,17H2,1H3. The molecule has 1 amide bonds. The van der Waals surface area contributed by atoms with Gasteiger partial charge in [-0.25, -0.2) is 8.42 Å². The molecule has 3 heterocycles. The Morgan fingerprint density at radius 3 is 2.77 bits per heavy atom. The number of ketones is 1. The number of carbonyl (C=O) groups excluding carboxylic acids is 2. The smallest absolute Gasteiger partial charge is 0.277 e. The van der Waals surface area contributed by atoms with Gasteiger partial charge in [-0.3, -0.25) is 9.59 Å². The highest BCUT2D eigenvalue weighted by Gasteiger charge is 2.39. The van der Waals surface area contributed by atoms with Crippen LogP contribution in [0.15, 0.2) is 58.2 Å². The molecule has 1 saturated heterocycles. The van der Waals surface area contributed by atoms with Gasteiger partial charge in [0.1, 0.15) is 0 Å². The van der Waals surface area contributed by atoms with E-state index in [1.807, 2.05) is 30.3 Å². The Hall–Kier alpha value is -3.01. The van der Waals surface area contributed by atoms with Crippen LogP contribution >= 0.6 is 0 Å². The molecule has 9 heteroatoms. The van der Waals surface area contributed by atoms with E-state index in [2.05, 4.69) is 0 Å². The summed E-state index contributed by atoms with van der Waals surface area (Å²) in [5.74, 6) is -0.199. The fraction of sp³-hybridized carbons (Fsp3) is 0.385. The van der Waals surface area contributed by atoms with E-state index in [9.17, 15) is 18.0 Å². The molecule has 5 rings (SSSR count). The summed E-state index contributed by atoms with van der Waals surface area (Å²) in [6.07, 6.45) is 4.10. The van der Waals surface area contributed by atoms with Crippen LogP contribution in [0, 0.1) is 0 Å². The van der Waals surface area contributed by atoms with E-state index < -0.39 is 16.1 Å². The molecule has 35 heavy (non-hydrogen) atoms. The summed E-state index contributed by atoms with van der Waals surface area (Å²) in [6, 6.07) is 11.5. The van der Waals surface area contributed by atoms with Gasteiger partial charge in [0.15, 0.2) is 5.78 Å². The Morgan fingerprint density at radius 2 is 2.00 bits per heavy atom. The molecule has 0 N–H and O–H groups in total. The Morgan fingerprint density at radius 1 is 1.14 bits per heavy atom. The number of ether oxygens (including phenoxy) is 1. The molecule has 0 bridgehead atoms. The number of carbonyl (C=O) groups is 2. The Labute approximate surface area is 204 Å². The van der Waals surface area contributed by atoms with Crippen molar-refractivity contribution in [3.8, 4) is 0 Å². The van der Waals surface area contributed by atoms with E-state index in [0.29, 0.717) is 31.6 Å². The Kier molecular flexibility index (Phi) is 6.48. The lowest BCUT2D eigenvalue weighted by atomic mass is 9.93. The molecule has 0 aliphatic carbocycles. The average molecular weight is 497 g/mol. The van der Waals surface area contributed by atoms with Crippen LogP contribution in [0.2, 0.25) is 0 Å². The molecule has 184 valence electrons. The SMILES string of the molecule is COCCCN1C(=O)c2cccc3c(CC(=O)C4CCCCN4S(=O)(=O)c4ccco4)ccc1c23. The van der Waals surface area contributed by atoms with Gasteiger partial charge in [0.2, 0.25) is 5.09 Å². The number of rotatable bonds is 9. The largest absolute Gasteiger partial charge is 0.452 e. The van der Waals surface area contributed by atoms with Crippen LogP contribution < -0.4 is 4.90 Å². The lowest BCUT2D eigenvalue weighted by molar-refractivity contribution is -0.122. The van der Waals surface area contributed by atoms with Crippen molar-refractivity contribution in [1.29, 1.82) is 0 Å². The zero-order valence-electron chi connectivity index (χ0n) is 19.6. The van der Waals surface area contributed by atoms with Gasteiger partial charge in [-0.15, -0.1) is 0 Å². The van der Waals surface area contributed by atoms with Crippen molar-refractivity contribution >= 4 is 38.2 Å². The molecular formula is C26H28N2O6S. The highest BCUT2D eigenvalue weighted by atomic mass is 32.2. The van der Waals surface area contributed by atoms with Crippen molar-refractivity contribution in [3.05, 3.63) is 59.9 Å². The maximum atomic E-state index is 13.5. The second-order valence-corrected chi connectivity index (χ2v) is 10.8. The number of hydrogen-bond acceptors (Lipinski definition) is 6. The normalized spacial score (nSPS) is 18.5. The third kappa shape index (κ3) is 4.17. The second kappa shape index (κ2) is 9.56. The Bertz CT molecular complexity index is 1370. The van der Waals surface area contributed by atoms with Gasteiger partial charge in [0.05, 0.1) is 18.0 Å². The first-order valence-corrected chi connectivity index (χ1v) is 13.3. The van der Waals surface area contributed by atoms with Gasteiger partial charge in [-0.1, -0.05) is 24.6 Å². The van der Waals surface area contributed by atoms with Crippen LogP contribution in [0.1, 0.15) is 41.6 Å². The van der Waals surface area contributed by atoms with E-state index in [4.69, 9.17) is 9.15 Å². The van der Waals surface area contributed by atoms with Crippen molar-refractivity contribution in [3.63, 3.8) is 0 Å². The summed E-state index contributed by atoms with van der Waals surface area (Å²) in [5, 5.41) is 1.56. The zero-order valence-corrected chi connectivity index (χ0v) is 20.4. The molecule has 2 aliphatic heterocycles. The van der Waals surface area contributed by atoms with E-state index >= 15 is 0 Å². The summed E-state index contributed by atoms with van der Waals surface area (Å²) in [6.45, 7) is 1.40. The van der Waals surface area contributed by atoms with E-state index in [-0.39, 0.29) is 29.7 Å². The highest BCUT2D eigenvalue weighted by Crippen LogP contribution is 2.39. The first-order chi connectivity index (χ1) is 16.9. The molecule has 2 aromatic carbocycles. The molecule has 0 saturated carbocycles. The molecule has 1 fully saturated rings. The number of furan rings is 1. The summed E-state index contributed by atoms with van der Waals surface area (Å²) in [7, 11) is -2.26. The minimum atomic E-state index is -3.89. The maximum absolute atomic E-state index is 13.5. The third-order valence-corrected chi connectivity index (χ3v) is 8.65. The van der Waals surface area contributed by atoms with Crippen LogP contribution in [0.3, 0.4) is 0 Å². The van der Waals surface area contributed by atoms with Gasteiger partial charge in [-0.05, 0) is 54.5 Å². The van der Waals surface area contributed by atoms with E-state index in [1.165, 1.54) is 22.7 Å². The number of methoxy groups -OCH3 is 1. The number of amides is 1. The predicted molar refractivity (Wildman–Crippen MR) is 131 cm³/mol. The van der Waals surface area contributed by atoms with Gasteiger partial charge in [0, 0.05) is 44.2 Å². The number of piperidine rings is 1. The number of Topliss-reactive ketones (excluding diaryl/α,β-unsaturated/α-hetero) is 1. The number of hydrogen-bond donors (Lipinski definition) is 0. The summed E-state index contributed by atoms with van der Waals surface area (Å²) in [4.78, 5) is 28.3. The van der Waals surface area contributed by atoms with Crippen LogP contribution in [0.4, 0.5) is 5.69 Å². The summed E-state index contributed by atoms with van der Waals surface area (Å²) in [5.41, 5.74) is 2.26. The molecule has 3 aromatic rings. The third-order valence-electron chi connectivity index (χ3n) is 6.85. The number of anilines is 1. The van der Waals surface area contributed by atoms with Crippen molar-refractivity contribution in [2.24, 2.45) is 0 Å². The summed E-state index contributed by atoms with van der Waals surface area (Å²) >= 11 is 0. The lowest BCUT2D eigenvalue weighted by Crippen LogP contribution is -2.48. The first kappa shape index (κ1) is 23.7. The molecule has 0 radical (unpaired) electrons. The molecule has 8 nitrogen and oxygen atoms in total. The van der Waals surface area contributed by atoms with Crippen molar-refractivity contribution in [1.82, 2.24) is 4.31 Å². The van der Waals surface area contributed by atoms with Crippen LogP contribution in [-0.2, 0) is 26.0 Å². The zero-order chi connectivity index (χ0) is 24.6. The predicted octanol–water partition coefficient (Wildman–Crippen LogP) is 3.78. The molecule has 2 aliphatic rings. The lowest BCUT2D eigenvalue weighted by Gasteiger charge is -2.33. The molecular weight excluding hydrogens is 468 g/mol. The molecule has 1 aromatic heterocycles. The highest BCUT2D eigenvalue weighted by molar-refractivity contribution is 7.89. The monoisotopic (exact) mass is 496 g/mol. The van der Waals surface area contributed by atoms with Crippen molar-refractivity contribution in [2.45, 2.75) is 43.2 Å². The fourth-order valence-corrected chi connectivity index (χ4v) is 6.78. The van der Waals surface area contributed by atoms with Gasteiger partial charge in [0.25, 0.3) is 15.9 Å². The maximum Gasteiger partial charge on any atom is 0.277 e. The first-order valence-electron chi connectivity index (χ1n) is 11.9. The number of sulfonamides is 1. The van der Waals surface area contributed by atoms with Gasteiger partial charge < -0.3 is 14.1 Å². The quantitative estimate of drug-likeness (QED) is 0.418. The second-order valence-electron chi connectivity index (χ2n) is 8.98. The van der Waals surface area contributed by atoms with Crippen molar-refractivity contribution in [2.75, 3.05) is 31.7 Å². The van der Waals surface area contributed by atoms with Crippen LogP contribution in [0.5, 0.6) is 0 Å². The van der Waals surface area contributed by atoms with E-state index in [1.54, 1.807) is 12.0 Å². The molecule has 0 spiro atoms. The van der Waals surface area contributed by atoms with Crippen molar-refractivity contribution < 1.29 is 27.2 Å². The molecule has 1 unspecified atom stereocenters. The summed E-state index contributed by atoms with van der Waals surface area (Å²) < 4.78 is 37.9. The minimum Gasteiger partial charge on any atom is -0.452 e. The van der Waals surface area contributed by atoms with Crippen LogP contribution in [0.25, 0.3) is 10.8 Å². The van der Waals surface area contributed by atoms with Crippen LogP contribution in [-0.4, -0.2) is 57.3 Å². The average Bonchev–Trinajstić information content (AvgIpc) is 3.51. The van der Waals surface area contributed by atoms with Gasteiger partial charge >= 0.3 is 0 Å². The number of benzene rings is 2. The Balaban J connectivity index is 1.44.